The van der Waals surface area contributed by atoms with Gasteiger partial charge in [0.15, 0.2) is 0 Å². The van der Waals surface area contributed by atoms with Gasteiger partial charge >= 0.3 is 18.9 Å². The van der Waals surface area contributed by atoms with Crippen molar-refractivity contribution in [1.82, 2.24) is 4.98 Å². The van der Waals surface area contributed by atoms with Gasteiger partial charge < -0.3 is 14.6 Å². The zero-order valence-electron chi connectivity index (χ0n) is 8.32. The summed E-state index contributed by atoms with van der Waals surface area (Å²) in [6.07, 6.45) is 0.609. The van der Waals surface area contributed by atoms with Crippen molar-refractivity contribution >= 4 is 5.97 Å². The quantitative estimate of drug-likeness (QED) is 0.462. The first-order valence-electron chi connectivity index (χ1n) is 3.90. The zero-order chi connectivity index (χ0) is 9.68. The molecule has 0 unspecified atom stereocenters. The van der Waals surface area contributed by atoms with Crippen LogP contribution in [0.1, 0.15) is 16.2 Å². The molecule has 0 aromatic carbocycles. The van der Waals surface area contributed by atoms with Crippen molar-refractivity contribution in [3.05, 3.63) is 29.6 Å². The number of methoxy groups -OCH3 is 1. The Hall–Kier alpha value is -0.823. The largest absolute Gasteiger partial charge is 1.00 e. The molecule has 0 saturated carbocycles. The number of pyridine rings is 1. The number of ether oxygens (including phenoxy) is 1. The third-order valence-corrected chi connectivity index (χ3v) is 1.58. The fourth-order valence-corrected chi connectivity index (χ4v) is 0.939. The molecule has 0 saturated heterocycles. The maximum absolute atomic E-state index is 10.4. The van der Waals surface area contributed by atoms with Crippen molar-refractivity contribution in [1.29, 1.82) is 0 Å². The predicted octanol–water partition coefficient (Wildman–Crippen LogP) is -3.36. The minimum absolute atomic E-state index is 0. The van der Waals surface area contributed by atoms with Crippen molar-refractivity contribution in [2.24, 2.45) is 0 Å². The normalized spacial score (nSPS) is 9.21. The van der Waals surface area contributed by atoms with Gasteiger partial charge in [-0.2, -0.15) is 0 Å². The Morgan fingerprint density at radius 3 is 2.86 bits per heavy atom. The molecule has 0 amide bonds. The van der Waals surface area contributed by atoms with E-state index >= 15 is 0 Å². The summed E-state index contributed by atoms with van der Waals surface area (Å²) in [7, 11) is 1.59. The monoisotopic (exact) mass is 187 g/mol. The Morgan fingerprint density at radius 1 is 1.57 bits per heavy atom. The van der Waals surface area contributed by atoms with Gasteiger partial charge in [0.1, 0.15) is 0 Å². The number of carboxylic acids is 1. The number of aromatic carboxylic acids is 1. The van der Waals surface area contributed by atoms with Crippen LogP contribution in [0.5, 0.6) is 0 Å². The number of hydrogen-bond acceptors (Lipinski definition) is 4. The molecule has 1 aromatic rings. The Balaban J connectivity index is 0.00000169. The molecule has 0 aliphatic heterocycles. The van der Waals surface area contributed by atoms with E-state index in [0.717, 1.165) is 0 Å². The van der Waals surface area contributed by atoms with Crippen molar-refractivity contribution in [3.63, 3.8) is 0 Å². The van der Waals surface area contributed by atoms with Crippen LogP contribution in [0, 0.1) is 0 Å². The summed E-state index contributed by atoms with van der Waals surface area (Å²) in [4.78, 5) is 14.3. The molecule has 0 fully saturated rings. The summed E-state index contributed by atoms with van der Waals surface area (Å²) in [5, 5.41) is 10.4. The second-order valence-electron chi connectivity index (χ2n) is 2.54. The third kappa shape index (κ3) is 3.92. The Labute approximate surface area is 94.5 Å². The van der Waals surface area contributed by atoms with Crippen LogP contribution < -0.4 is 24.0 Å². The first kappa shape index (κ1) is 13.2. The molecule has 1 heterocycles. The minimum atomic E-state index is -1.25. The molecule has 1 rings (SSSR count). The number of carboxylic acid groups (broad SMARTS) is 1. The van der Waals surface area contributed by atoms with E-state index in [1.54, 1.807) is 19.2 Å². The smallest absolute Gasteiger partial charge is 0.543 e. The number of aromatic nitrogens is 1. The number of carbonyl (C=O) groups excluding carboxylic acids is 1. The first-order valence-corrected chi connectivity index (χ1v) is 3.90. The fourth-order valence-electron chi connectivity index (χ4n) is 0.939. The molecule has 0 aliphatic carbocycles. The number of carbonyl (C=O) groups is 1. The second-order valence-corrected chi connectivity index (χ2v) is 2.54. The van der Waals surface area contributed by atoms with E-state index in [2.05, 4.69) is 4.98 Å². The number of nitrogens with zero attached hydrogens (tertiary/aromatic N) is 1. The van der Waals surface area contributed by atoms with Gasteiger partial charge in [-0.15, -0.1) is 0 Å². The topological polar surface area (TPSA) is 62.2 Å². The van der Waals surface area contributed by atoms with Gasteiger partial charge in [-0.1, -0.05) is 6.07 Å². The summed E-state index contributed by atoms with van der Waals surface area (Å²) in [5.41, 5.74) is 0.664. The van der Waals surface area contributed by atoms with Crippen LogP contribution in [-0.2, 0) is 11.2 Å². The van der Waals surface area contributed by atoms with Gasteiger partial charge in [0.2, 0.25) is 0 Å². The van der Waals surface area contributed by atoms with E-state index in [-0.39, 0.29) is 24.6 Å². The van der Waals surface area contributed by atoms with Crippen LogP contribution in [0.2, 0.25) is 0 Å². The molecule has 0 atom stereocenters. The predicted molar refractivity (Wildman–Crippen MR) is 44.1 cm³/mol. The summed E-state index contributed by atoms with van der Waals surface area (Å²) in [6.45, 7) is 0.531. The number of hydrogen-bond donors (Lipinski definition) is 0. The average Bonchev–Trinajstić information content (AvgIpc) is 2.15. The van der Waals surface area contributed by atoms with Crippen molar-refractivity contribution < 1.29 is 33.5 Å². The van der Waals surface area contributed by atoms with Crippen LogP contribution in [0.15, 0.2) is 18.2 Å². The van der Waals surface area contributed by atoms with Crippen LogP contribution >= 0.6 is 0 Å². The van der Waals surface area contributed by atoms with E-state index in [9.17, 15) is 9.90 Å². The molecular formula is C9H10LiNO3. The Kier molecular flexibility index (Phi) is 6.22. The molecule has 0 aliphatic rings. The maximum atomic E-state index is 10.4. The van der Waals surface area contributed by atoms with Gasteiger partial charge in [-0.25, -0.2) is 0 Å². The van der Waals surface area contributed by atoms with E-state index in [1.165, 1.54) is 6.07 Å². The minimum Gasteiger partial charge on any atom is -0.543 e. The molecular weight excluding hydrogens is 177 g/mol. The molecule has 70 valence electrons. The summed E-state index contributed by atoms with van der Waals surface area (Å²) < 4.78 is 4.84. The van der Waals surface area contributed by atoms with Gasteiger partial charge in [-0.3, -0.25) is 4.98 Å². The van der Waals surface area contributed by atoms with Gasteiger partial charge in [0.25, 0.3) is 0 Å². The van der Waals surface area contributed by atoms with Crippen LogP contribution in [0.4, 0.5) is 0 Å². The maximum Gasteiger partial charge on any atom is 1.00 e. The molecule has 14 heavy (non-hydrogen) atoms. The Morgan fingerprint density at radius 2 is 2.29 bits per heavy atom. The molecule has 1 aromatic heterocycles. The van der Waals surface area contributed by atoms with Gasteiger partial charge in [0, 0.05) is 19.2 Å². The van der Waals surface area contributed by atoms with E-state index in [1.807, 2.05) is 0 Å². The zero-order valence-corrected chi connectivity index (χ0v) is 8.32. The summed E-state index contributed by atoms with van der Waals surface area (Å²) in [6, 6.07) is 4.81. The molecule has 4 nitrogen and oxygen atoms in total. The van der Waals surface area contributed by atoms with Gasteiger partial charge in [-0.05, 0) is 12.1 Å². The molecule has 5 heteroatoms. The average molecular weight is 187 g/mol. The summed E-state index contributed by atoms with van der Waals surface area (Å²) >= 11 is 0. The van der Waals surface area contributed by atoms with Crippen LogP contribution in [0.25, 0.3) is 0 Å². The standard InChI is InChI=1S/C9H11NO3.Li/c1-13-6-5-7-3-2-4-8(10-7)9(11)12;/h2-4H,5-6H2,1H3,(H,11,12);/q;+1/p-1. The fraction of sp³-hybridized carbons (Fsp3) is 0.333. The Bertz CT molecular complexity index is 304. The van der Waals surface area contributed by atoms with E-state index in [4.69, 9.17) is 4.74 Å². The summed E-state index contributed by atoms with van der Waals surface area (Å²) in [5.74, 6) is -1.25. The van der Waals surface area contributed by atoms with E-state index < -0.39 is 5.97 Å². The van der Waals surface area contributed by atoms with Gasteiger partial charge in [0.05, 0.1) is 18.3 Å². The molecule has 0 N–H and O–H groups in total. The van der Waals surface area contributed by atoms with Crippen molar-refractivity contribution in [2.75, 3.05) is 13.7 Å². The molecule has 0 spiro atoms. The molecule has 0 radical (unpaired) electrons. The number of rotatable bonds is 4. The second kappa shape index (κ2) is 6.60. The molecule has 0 bridgehead atoms. The van der Waals surface area contributed by atoms with Crippen LogP contribution in [0.3, 0.4) is 0 Å². The van der Waals surface area contributed by atoms with Crippen LogP contribution in [-0.4, -0.2) is 24.7 Å². The van der Waals surface area contributed by atoms with Crippen molar-refractivity contribution in [2.45, 2.75) is 6.42 Å². The van der Waals surface area contributed by atoms with E-state index in [0.29, 0.717) is 18.7 Å². The SMILES string of the molecule is COCCc1cccc(C(=O)[O-])n1.[Li+]. The van der Waals surface area contributed by atoms with Crippen molar-refractivity contribution in [3.8, 4) is 0 Å². The third-order valence-electron chi connectivity index (χ3n) is 1.58. The first-order chi connectivity index (χ1) is 6.24.